The van der Waals surface area contributed by atoms with E-state index in [1.807, 2.05) is 0 Å². The highest BCUT2D eigenvalue weighted by atomic mass is 28.2. The van der Waals surface area contributed by atoms with E-state index in [-0.39, 0.29) is 0 Å². The maximum absolute atomic E-state index is 2.26. The quantitative estimate of drug-likeness (QED) is 0.459. The SMILES string of the molecule is CC1=CC(C)=[N+](C)[Si]N1C. The lowest BCUT2D eigenvalue weighted by atomic mass is 10.3. The van der Waals surface area contributed by atoms with Crippen LogP contribution in [0.4, 0.5) is 0 Å². The molecule has 1 heterocycles. The van der Waals surface area contributed by atoms with Gasteiger partial charge in [0.05, 0.1) is 0 Å². The average molecular weight is 153 g/mol. The molecule has 0 fully saturated rings. The molecule has 0 atom stereocenters. The number of hydrogen-bond donors (Lipinski definition) is 0. The molecule has 1 aliphatic rings. The normalized spacial score (nSPS) is 19.6. The van der Waals surface area contributed by atoms with Crippen molar-refractivity contribution in [2.75, 3.05) is 14.1 Å². The highest BCUT2D eigenvalue weighted by molar-refractivity contribution is 6.25. The topological polar surface area (TPSA) is 6.25 Å². The zero-order valence-electron chi connectivity index (χ0n) is 6.97. The summed E-state index contributed by atoms with van der Waals surface area (Å²) in [5.41, 5.74) is 2.71. The second kappa shape index (κ2) is 2.58. The predicted molar refractivity (Wildman–Crippen MR) is 44.1 cm³/mol. The van der Waals surface area contributed by atoms with E-state index in [1.165, 1.54) is 11.4 Å². The van der Waals surface area contributed by atoms with Gasteiger partial charge in [-0.2, -0.15) is 0 Å². The van der Waals surface area contributed by atoms with Crippen LogP contribution in [0.25, 0.3) is 0 Å². The first-order chi connectivity index (χ1) is 4.61. The van der Waals surface area contributed by atoms with Crippen molar-refractivity contribution in [3.8, 4) is 0 Å². The van der Waals surface area contributed by atoms with Crippen LogP contribution in [0.3, 0.4) is 0 Å². The Balaban J connectivity index is 2.88. The molecular weight excluding hydrogens is 140 g/mol. The van der Waals surface area contributed by atoms with E-state index in [0.717, 1.165) is 9.84 Å². The van der Waals surface area contributed by atoms with Gasteiger partial charge in [-0.05, 0) is 6.92 Å². The van der Waals surface area contributed by atoms with Crippen molar-refractivity contribution < 1.29 is 4.24 Å². The Kier molecular flexibility index (Phi) is 1.94. The Labute approximate surface area is 64.8 Å². The fourth-order valence-electron chi connectivity index (χ4n) is 0.879. The lowest BCUT2D eigenvalue weighted by Crippen LogP contribution is -2.36. The number of hydrogen-bond acceptors (Lipinski definition) is 1. The van der Waals surface area contributed by atoms with Gasteiger partial charge >= 0.3 is 9.84 Å². The van der Waals surface area contributed by atoms with E-state index in [0.29, 0.717) is 0 Å². The summed E-state index contributed by atoms with van der Waals surface area (Å²) >= 11 is 0. The summed E-state index contributed by atoms with van der Waals surface area (Å²) in [6.07, 6.45) is 2.20. The monoisotopic (exact) mass is 153 g/mol. The van der Waals surface area contributed by atoms with Gasteiger partial charge in [0.15, 0.2) is 5.71 Å². The van der Waals surface area contributed by atoms with Crippen LogP contribution in [-0.4, -0.2) is 38.5 Å². The van der Waals surface area contributed by atoms with Gasteiger partial charge in [0.1, 0.15) is 7.05 Å². The van der Waals surface area contributed by atoms with Crippen molar-refractivity contribution in [1.82, 2.24) is 4.57 Å². The van der Waals surface area contributed by atoms with Gasteiger partial charge < -0.3 is 4.57 Å². The first kappa shape index (κ1) is 7.53. The standard InChI is InChI=1S/C7H13N2Si/c1-6-5-7(2)9(4)10-8(6)3/h5H,1-4H3/q+1. The third-order valence-electron chi connectivity index (χ3n) is 1.78. The molecule has 0 aliphatic carbocycles. The van der Waals surface area contributed by atoms with Gasteiger partial charge in [-0.3, -0.25) is 4.24 Å². The first-order valence-corrected chi connectivity index (χ1v) is 4.26. The largest absolute Gasteiger partial charge is 0.643 e. The molecule has 10 heavy (non-hydrogen) atoms. The zero-order valence-corrected chi connectivity index (χ0v) is 7.97. The number of allylic oxidation sites excluding steroid dienone is 2. The molecule has 0 saturated carbocycles. The van der Waals surface area contributed by atoms with Crippen molar-refractivity contribution in [3.63, 3.8) is 0 Å². The summed E-state index contributed by atoms with van der Waals surface area (Å²) in [7, 11) is 5.01. The highest BCUT2D eigenvalue weighted by Gasteiger charge is 2.20. The van der Waals surface area contributed by atoms with Gasteiger partial charge in [0, 0.05) is 25.7 Å². The fraction of sp³-hybridized carbons (Fsp3) is 0.571. The van der Waals surface area contributed by atoms with Crippen molar-refractivity contribution in [2.45, 2.75) is 13.8 Å². The van der Waals surface area contributed by atoms with Crippen LogP contribution < -0.4 is 0 Å². The van der Waals surface area contributed by atoms with Crippen LogP contribution in [-0.2, 0) is 0 Å². The molecule has 3 heteroatoms. The molecule has 1 rings (SSSR count). The molecule has 54 valence electrons. The summed E-state index contributed by atoms with van der Waals surface area (Å²) in [6.45, 7) is 4.28. The summed E-state index contributed by atoms with van der Waals surface area (Å²) in [4.78, 5) is 0. The Morgan fingerprint density at radius 3 is 2.60 bits per heavy atom. The molecule has 2 radical (unpaired) electrons. The summed E-state index contributed by atoms with van der Waals surface area (Å²) in [6, 6.07) is 0. The molecule has 0 N–H and O–H groups in total. The van der Waals surface area contributed by atoms with Gasteiger partial charge in [0.2, 0.25) is 0 Å². The van der Waals surface area contributed by atoms with Crippen LogP contribution in [0.5, 0.6) is 0 Å². The molecule has 0 bridgehead atoms. The van der Waals surface area contributed by atoms with E-state index in [9.17, 15) is 0 Å². The summed E-state index contributed by atoms with van der Waals surface area (Å²) in [5.74, 6) is 0. The molecule has 0 spiro atoms. The van der Waals surface area contributed by atoms with Crippen LogP contribution in [0.15, 0.2) is 11.8 Å². The first-order valence-electron chi connectivity index (χ1n) is 3.37. The van der Waals surface area contributed by atoms with Crippen LogP contribution in [0.1, 0.15) is 13.8 Å². The van der Waals surface area contributed by atoms with Crippen molar-refractivity contribution in [1.29, 1.82) is 0 Å². The minimum atomic E-state index is 0.771. The number of nitrogens with zero attached hydrogens (tertiary/aromatic N) is 2. The molecule has 0 aromatic rings. The molecule has 0 unspecified atom stereocenters. The fourth-order valence-corrected chi connectivity index (χ4v) is 1.77. The molecule has 0 saturated heterocycles. The van der Waals surface area contributed by atoms with E-state index >= 15 is 0 Å². The van der Waals surface area contributed by atoms with Crippen molar-refractivity contribution >= 4 is 15.6 Å². The second-order valence-corrected chi connectivity index (χ2v) is 4.19. The lowest BCUT2D eigenvalue weighted by Gasteiger charge is -2.17. The molecule has 0 amide bonds. The van der Waals surface area contributed by atoms with E-state index in [1.54, 1.807) is 0 Å². The van der Waals surface area contributed by atoms with E-state index in [4.69, 9.17) is 0 Å². The minimum Gasteiger partial charge on any atom is -0.344 e. The Morgan fingerprint density at radius 2 is 2.10 bits per heavy atom. The molecule has 0 aromatic carbocycles. The molecule has 2 nitrogen and oxygen atoms in total. The average Bonchev–Trinajstić information content (AvgIpc) is 1.84. The highest BCUT2D eigenvalue weighted by Crippen LogP contribution is 2.02. The minimum absolute atomic E-state index is 0.771. The van der Waals surface area contributed by atoms with Crippen molar-refractivity contribution in [3.05, 3.63) is 11.8 Å². The molecular formula is C7H13N2Si+. The second-order valence-electron chi connectivity index (χ2n) is 2.65. The molecule has 0 aromatic heterocycles. The summed E-state index contributed by atoms with van der Waals surface area (Å²) < 4.78 is 4.51. The van der Waals surface area contributed by atoms with Gasteiger partial charge in [-0.25, -0.2) is 0 Å². The Bertz CT molecular complexity index is 206. The van der Waals surface area contributed by atoms with Crippen LogP contribution in [0.2, 0.25) is 0 Å². The lowest BCUT2D eigenvalue weighted by molar-refractivity contribution is -0.351. The zero-order chi connectivity index (χ0) is 7.72. The van der Waals surface area contributed by atoms with Gasteiger partial charge in [-0.15, -0.1) is 0 Å². The Morgan fingerprint density at radius 1 is 1.50 bits per heavy atom. The van der Waals surface area contributed by atoms with E-state index in [2.05, 4.69) is 42.8 Å². The number of rotatable bonds is 0. The van der Waals surface area contributed by atoms with E-state index < -0.39 is 0 Å². The van der Waals surface area contributed by atoms with Gasteiger partial charge in [0.25, 0.3) is 0 Å². The third-order valence-corrected chi connectivity index (χ3v) is 3.08. The molecule has 1 aliphatic heterocycles. The van der Waals surface area contributed by atoms with Crippen molar-refractivity contribution in [2.24, 2.45) is 0 Å². The van der Waals surface area contributed by atoms with Crippen LogP contribution in [0, 0.1) is 0 Å². The van der Waals surface area contributed by atoms with Crippen LogP contribution >= 0.6 is 0 Å². The maximum atomic E-state index is 2.26. The Hall–Kier alpha value is -0.573. The third kappa shape index (κ3) is 1.29. The van der Waals surface area contributed by atoms with Gasteiger partial charge in [-0.1, -0.05) is 0 Å². The summed E-state index contributed by atoms with van der Waals surface area (Å²) in [5, 5.41) is 0. The smallest absolute Gasteiger partial charge is 0.344 e. The maximum Gasteiger partial charge on any atom is 0.643 e. The predicted octanol–water partition coefficient (Wildman–Crippen LogP) is 0.473.